The molecule has 1 aromatic rings. The first-order valence-corrected chi connectivity index (χ1v) is 5.32. The largest absolute Gasteiger partial charge is 0.366 e. The molecule has 0 amide bonds. The minimum atomic E-state index is -0.0673. The molecule has 0 radical (unpaired) electrons. The van der Waals surface area contributed by atoms with Gasteiger partial charge in [-0.05, 0) is 20.8 Å². The molecule has 5 nitrogen and oxygen atoms in total. The number of ether oxygens (including phenoxy) is 1. The van der Waals surface area contributed by atoms with Crippen molar-refractivity contribution in [3.8, 4) is 0 Å². The van der Waals surface area contributed by atoms with Crippen LogP contribution >= 0.6 is 0 Å². The Labute approximate surface area is 89.4 Å². The highest BCUT2D eigenvalue weighted by molar-refractivity contribution is 4.91. The molecule has 84 valence electrons. The van der Waals surface area contributed by atoms with E-state index in [1.54, 1.807) is 0 Å². The van der Waals surface area contributed by atoms with Crippen molar-refractivity contribution in [3.63, 3.8) is 0 Å². The van der Waals surface area contributed by atoms with Gasteiger partial charge in [-0.1, -0.05) is 5.16 Å². The van der Waals surface area contributed by atoms with Gasteiger partial charge in [0, 0.05) is 19.1 Å². The summed E-state index contributed by atoms with van der Waals surface area (Å²) in [4.78, 5) is 6.55. The van der Waals surface area contributed by atoms with Gasteiger partial charge in [0.05, 0.1) is 6.61 Å². The lowest BCUT2D eigenvalue weighted by molar-refractivity contribution is -0.0539. The van der Waals surface area contributed by atoms with Gasteiger partial charge in [-0.2, -0.15) is 4.98 Å². The first kappa shape index (κ1) is 10.6. The number of aromatic nitrogens is 2. The molecule has 2 heterocycles. The van der Waals surface area contributed by atoms with Crippen LogP contribution in [0.5, 0.6) is 0 Å². The lowest BCUT2D eigenvalue weighted by Gasteiger charge is -2.33. The number of rotatable bonds is 2. The molecule has 0 unspecified atom stereocenters. The van der Waals surface area contributed by atoms with Crippen molar-refractivity contribution in [2.75, 3.05) is 19.7 Å². The van der Waals surface area contributed by atoms with E-state index in [0.29, 0.717) is 17.8 Å². The summed E-state index contributed by atoms with van der Waals surface area (Å²) in [5, 5.41) is 3.78. The van der Waals surface area contributed by atoms with E-state index in [4.69, 9.17) is 9.26 Å². The summed E-state index contributed by atoms with van der Waals surface area (Å²) >= 11 is 0. The van der Waals surface area contributed by atoms with Gasteiger partial charge in [-0.3, -0.25) is 4.90 Å². The molecule has 1 atom stereocenters. The number of hydrogen-bond donors (Lipinski definition) is 0. The zero-order valence-electron chi connectivity index (χ0n) is 9.43. The standard InChI is InChI=1S/C10H17N3O2/c1-7(2)13-4-5-14-9(6-13)10-11-8(3)12-15-10/h7,9H,4-6H2,1-3H3/t9-/m0/s1. The number of morpholine rings is 1. The molecule has 0 saturated carbocycles. The third-order valence-corrected chi connectivity index (χ3v) is 2.65. The van der Waals surface area contributed by atoms with Gasteiger partial charge >= 0.3 is 0 Å². The first-order valence-electron chi connectivity index (χ1n) is 5.32. The van der Waals surface area contributed by atoms with Crippen LogP contribution in [0.1, 0.15) is 31.7 Å². The minimum absolute atomic E-state index is 0.0673. The normalized spacial score (nSPS) is 23.6. The van der Waals surface area contributed by atoms with Crippen LogP contribution in [0.25, 0.3) is 0 Å². The van der Waals surface area contributed by atoms with Crippen LogP contribution in [0, 0.1) is 6.92 Å². The van der Waals surface area contributed by atoms with E-state index in [0.717, 1.165) is 19.7 Å². The maximum atomic E-state index is 5.62. The summed E-state index contributed by atoms with van der Waals surface area (Å²) in [5.74, 6) is 1.26. The number of hydrogen-bond acceptors (Lipinski definition) is 5. The lowest BCUT2D eigenvalue weighted by Crippen LogP contribution is -2.42. The van der Waals surface area contributed by atoms with E-state index in [2.05, 4.69) is 28.9 Å². The predicted molar refractivity (Wildman–Crippen MR) is 54.4 cm³/mol. The molecule has 0 bridgehead atoms. The van der Waals surface area contributed by atoms with Gasteiger partial charge < -0.3 is 9.26 Å². The van der Waals surface area contributed by atoms with Gasteiger partial charge in [0.1, 0.15) is 6.10 Å². The fraction of sp³-hybridized carbons (Fsp3) is 0.800. The first-order chi connectivity index (χ1) is 7.16. The topological polar surface area (TPSA) is 51.4 Å². The van der Waals surface area contributed by atoms with Gasteiger partial charge in [-0.25, -0.2) is 0 Å². The molecule has 1 aliphatic rings. The average molecular weight is 211 g/mol. The highest BCUT2D eigenvalue weighted by atomic mass is 16.5. The second kappa shape index (κ2) is 4.28. The maximum absolute atomic E-state index is 5.62. The molecule has 0 N–H and O–H groups in total. The summed E-state index contributed by atoms with van der Waals surface area (Å²) in [6.45, 7) is 8.71. The van der Waals surface area contributed by atoms with Crippen LogP contribution in [0.3, 0.4) is 0 Å². The van der Waals surface area contributed by atoms with Gasteiger partial charge in [0.15, 0.2) is 5.82 Å². The lowest BCUT2D eigenvalue weighted by atomic mass is 10.2. The minimum Gasteiger partial charge on any atom is -0.366 e. The smallest absolute Gasteiger partial charge is 0.257 e. The Morgan fingerprint density at radius 1 is 1.47 bits per heavy atom. The number of aryl methyl sites for hydroxylation is 1. The summed E-state index contributed by atoms with van der Waals surface area (Å²) in [6.07, 6.45) is -0.0673. The van der Waals surface area contributed by atoms with Gasteiger partial charge in [0.2, 0.25) is 0 Å². The third kappa shape index (κ3) is 2.35. The maximum Gasteiger partial charge on any atom is 0.257 e. The molecular weight excluding hydrogens is 194 g/mol. The third-order valence-electron chi connectivity index (χ3n) is 2.65. The summed E-state index contributed by atoms with van der Waals surface area (Å²) in [7, 11) is 0. The molecule has 0 spiro atoms. The summed E-state index contributed by atoms with van der Waals surface area (Å²) < 4.78 is 10.7. The zero-order chi connectivity index (χ0) is 10.8. The van der Waals surface area contributed by atoms with E-state index in [9.17, 15) is 0 Å². The van der Waals surface area contributed by atoms with E-state index in [1.807, 2.05) is 6.92 Å². The quantitative estimate of drug-likeness (QED) is 0.734. The number of nitrogens with zero attached hydrogens (tertiary/aromatic N) is 3. The highest BCUT2D eigenvalue weighted by Gasteiger charge is 2.27. The molecule has 1 aliphatic heterocycles. The molecule has 15 heavy (non-hydrogen) atoms. The van der Waals surface area contributed by atoms with Crippen molar-refractivity contribution in [1.29, 1.82) is 0 Å². The Hall–Kier alpha value is -0.940. The van der Waals surface area contributed by atoms with Crippen molar-refractivity contribution in [2.45, 2.75) is 32.9 Å². The molecule has 0 aliphatic carbocycles. The Morgan fingerprint density at radius 3 is 2.87 bits per heavy atom. The monoisotopic (exact) mass is 211 g/mol. The van der Waals surface area contributed by atoms with Crippen LogP contribution in [-0.4, -0.2) is 40.8 Å². The molecule has 0 aromatic carbocycles. The Balaban J connectivity index is 2.04. The van der Waals surface area contributed by atoms with Crippen LogP contribution in [-0.2, 0) is 4.74 Å². The van der Waals surface area contributed by atoms with Crippen LogP contribution in [0.2, 0.25) is 0 Å². The molecule has 5 heteroatoms. The van der Waals surface area contributed by atoms with Gasteiger partial charge in [-0.15, -0.1) is 0 Å². The van der Waals surface area contributed by atoms with Crippen molar-refractivity contribution in [1.82, 2.24) is 15.0 Å². The fourth-order valence-corrected chi connectivity index (χ4v) is 1.73. The van der Waals surface area contributed by atoms with Crippen molar-refractivity contribution >= 4 is 0 Å². The highest BCUT2D eigenvalue weighted by Crippen LogP contribution is 2.21. The fourth-order valence-electron chi connectivity index (χ4n) is 1.73. The van der Waals surface area contributed by atoms with Crippen LogP contribution in [0.15, 0.2) is 4.52 Å². The molecule has 2 rings (SSSR count). The Morgan fingerprint density at radius 2 is 2.27 bits per heavy atom. The zero-order valence-corrected chi connectivity index (χ0v) is 9.43. The summed E-state index contributed by atoms with van der Waals surface area (Å²) in [5.41, 5.74) is 0. The SMILES string of the molecule is Cc1noc([C@@H]2CN(C(C)C)CCO2)n1. The summed E-state index contributed by atoms with van der Waals surface area (Å²) in [6, 6.07) is 0.528. The molecule has 1 aromatic heterocycles. The van der Waals surface area contributed by atoms with Crippen molar-refractivity contribution in [2.24, 2.45) is 0 Å². The Kier molecular flexibility index (Phi) is 3.02. The average Bonchev–Trinajstić information content (AvgIpc) is 2.65. The van der Waals surface area contributed by atoms with E-state index in [-0.39, 0.29) is 6.10 Å². The molecule has 1 saturated heterocycles. The van der Waals surface area contributed by atoms with E-state index >= 15 is 0 Å². The van der Waals surface area contributed by atoms with Crippen LogP contribution in [0.4, 0.5) is 0 Å². The predicted octanol–water partition coefficient (Wildman–Crippen LogP) is 1.16. The van der Waals surface area contributed by atoms with Crippen molar-refractivity contribution in [3.05, 3.63) is 11.7 Å². The van der Waals surface area contributed by atoms with E-state index in [1.165, 1.54) is 0 Å². The molecule has 1 fully saturated rings. The van der Waals surface area contributed by atoms with Crippen molar-refractivity contribution < 1.29 is 9.26 Å². The second-order valence-corrected chi connectivity index (χ2v) is 4.13. The molecular formula is C10H17N3O2. The van der Waals surface area contributed by atoms with E-state index < -0.39 is 0 Å². The van der Waals surface area contributed by atoms with Gasteiger partial charge in [0.25, 0.3) is 5.89 Å². The van der Waals surface area contributed by atoms with Crippen LogP contribution < -0.4 is 0 Å². The second-order valence-electron chi connectivity index (χ2n) is 4.13. The Bertz CT molecular complexity index is 324.